The van der Waals surface area contributed by atoms with Crippen LogP contribution in [-0.2, 0) is 6.54 Å². The first kappa shape index (κ1) is 20.3. The van der Waals surface area contributed by atoms with Gasteiger partial charge in [-0.05, 0) is 56.0 Å². The van der Waals surface area contributed by atoms with Gasteiger partial charge in [-0.1, -0.05) is 11.8 Å². The van der Waals surface area contributed by atoms with Gasteiger partial charge in [0.15, 0.2) is 5.76 Å². The Hall–Kier alpha value is -2.99. The zero-order valence-corrected chi connectivity index (χ0v) is 17.5. The van der Waals surface area contributed by atoms with E-state index >= 15 is 0 Å². The summed E-state index contributed by atoms with van der Waals surface area (Å²) >= 11 is 0. The van der Waals surface area contributed by atoms with E-state index < -0.39 is 0 Å². The van der Waals surface area contributed by atoms with E-state index in [9.17, 15) is 9.90 Å². The Kier molecular flexibility index (Phi) is 5.95. The van der Waals surface area contributed by atoms with E-state index in [0.717, 1.165) is 13.1 Å². The number of fused-ring (bicyclic) bond motifs is 1. The van der Waals surface area contributed by atoms with Crippen molar-refractivity contribution < 1.29 is 29.0 Å². The summed E-state index contributed by atoms with van der Waals surface area (Å²) in [7, 11) is 3.15. The second kappa shape index (κ2) is 8.79. The Morgan fingerprint density at radius 3 is 2.53 bits per heavy atom. The lowest BCUT2D eigenvalue weighted by molar-refractivity contribution is -0.913. The third-order valence-corrected chi connectivity index (χ3v) is 5.86. The number of ether oxygens (including phenoxy) is 3. The summed E-state index contributed by atoms with van der Waals surface area (Å²) in [6.07, 6.45) is 6.46. The maximum absolute atomic E-state index is 13.0. The van der Waals surface area contributed by atoms with Gasteiger partial charge in [0.1, 0.15) is 23.8 Å². The predicted molar refractivity (Wildman–Crippen MR) is 111 cm³/mol. The third-order valence-electron chi connectivity index (χ3n) is 5.86. The number of hydrogen-bond donors (Lipinski definition) is 1. The van der Waals surface area contributed by atoms with Crippen LogP contribution in [0.25, 0.3) is 6.08 Å². The molecule has 0 aliphatic carbocycles. The number of nitrogens with one attached hydrogen (secondary N) is 1. The van der Waals surface area contributed by atoms with E-state index in [4.69, 9.17) is 14.2 Å². The highest BCUT2D eigenvalue weighted by Gasteiger charge is 2.31. The zero-order valence-electron chi connectivity index (χ0n) is 17.5. The normalized spacial score (nSPS) is 18.1. The van der Waals surface area contributed by atoms with Crippen molar-refractivity contribution >= 4 is 11.9 Å². The van der Waals surface area contributed by atoms with Crippen molar-refractivity contribution in [1.29, 1.82) is 0 Å². The summed E-state index contributed by atoms with van der Waals surface area (Å²) in [4.78, 5) is 14.4. The fourth-order valence-electron chi connectivity index (χ4n) is 4.21. The topological polar surface area (TPSA) is 72.3 Å². The zero-order chi connectivity index (χ0) is 21.1. The Morgan fingerprint density at radius 2 is 1.83 bits per heavy atom. The maximum Gasteiger partial charge on any atom is 0.231 e. The minimum absolute atomic E-state index is 0.0708. The molecule has 0 radical (unpaired) electrons. The van der Waals surface area contributed by atoms with Crippen LogP contribution < -0.4 is 24.2 Å². The first-order valence-corrected chi connectivity index (χ1v) is 10.4. The lowest BCUT2D eigenvalue weighted by Gasteiger charge is -2.22. The van der Waals surface area contributed by atoms with Gasteiger partial charge in [-0.2, -0.15) is 0 Å². The highest BCUT2D eigenvalue weighted by atomic mass is 16.5. The molecule has 2 heterocycles. The molecule has 6 nitrogen and oxygen atoms in total. The number of rotatable bonds is 5. The number of quaternary nitrogens is 1. The van der Waals surface area contributed by atoms with Crippen LogP contribution in [0.2, 0.25) is 0 Å². The SMILES string of the molecule is COc1ccc(OC)c(C=C2Oc3c(ccc([O-])c3C[NH+]3CCCCCC3)C2=O)c1. The molecule has 1 fully saturated rings. The van der Waals surface area contributed by atoms with Crippen molar-refractivity contribution in [1.82, 2.24) is 0 Å². The van der Waals surface area contributed by atoms with Gasteiger partial charge in [0.05, 0.1) is 32.9 Å². The summed E-state index contributed by atoms with van der Waals surface area (Å²) in [5, 5.41) is 12.6. The van der Waals surface area contributed by atoms with Crippen molar-refractivity contribution in [2.75, 3.05) is 27.3 Å². The van der Waals surface area contributed by atoms with Crippen LogP contribution in [0.1, 0.15) is 47.2 Å². The lowest BCUT2D eigenvalue weighted by atomic mass is 10.0. The fraction of sp³-hybridized carbons (Fsp3) is 0.375. The van der Waals surface area contributed by atoms with Gasteiger partial charge >= 0.3 is 0 Å². The average molecular weight is 409 g/mol. The molecule has 6 heteroatoms. The van der Waals surface area contributed by atoms with E-state index in [1.807, 2.05) is 0 Å². The van der Waals surface area contributed by atoms with Crippen LogP contribution in [0.5, 0.6) is 23.0 Å². The van der Waals surface area contributed by atoms with E-state index in [2.05, 4.69) is 0 Å². The monoisotopic (exact) mass is 409 g/mol. The molecule has 30 heavy (non-hydrogen) atoms. The molecule has 0 saturated carbocycles. The van der Waals surface area contributed by atoms with Crippen molar-refractivity contribution in [3.8, 4) is 23.0 Å². The van der Waals surface area contributed by atoms with Crippen LogP contribution in [0, 0.1) is 0 Å². The number of hydrogen-bond acceptors (Lipinski definition) is 5. The fourth-order valence-corrected chi connectivity index (χ4v) is 4.21. The molecule has 1 N–H and O–H groups in total. The summed E-state index contributed by atoms with van der Waals surface area (Å²) < 4.78 is 16.7. The molecule has 0 aromatic heterocycles. The number of ketones is 1. The Balaban J connectivity index is 1.67. The van der Waals surface area contributed by atoms with Crippen molar-refractivity contribution in [2.24, 2.45) is 0 Å². The number of methoxy groups -OCH3 is 2. The molecule has 1 saturated heterocycles. The Morgan fingerprint density at radius 1 is 1.07 bits per heavy atom. The summed E-state index contributed by atoms with van der Waals surface area (Å²) in [6.45, 7) is 2.67. The quantitative estimate of drug-likeness (QED) is 0.768. The molecule has 2 aliphatic heterocycles. The van der Waals surface area contributed by atoms with E-state index in [1.165, 1.54) is 36.6 Å². The first-order valence-electron chi connectivity index (χ1n) is 10.4. The molecule has 0 amide bonds. The van der Waals surface area contributed by atoms with Crippen molar-refractivity contribution in [2.45, 2.75) is 32.2 Å². The van der Waals surface area contributed by atoms with Gasteiger partial charge in [0, 0.05) is 11.1 Å². The second-order valence-electron chi connectivity index (χ2n) is 7.81. The Bertz CT molecular complexity index is 974. The molecule has 0 unspecified atom stereocenters. The molecular formula is C24H27NO5. The number of carbonyl (C=O) groups excluding carboxylic acids is 1. The highest BCUT2D eigenvalue weighted by molar-refractivity contribution is 6.15. The van der Waals surface area contributed by atoms with Crippen molar-refractivity contribution in [3.63, 3.8) is 0 Å². The first-order chi connectivity index (χ1) is 14.6. The van der Waals surface area contributed by atoms with Gasteiger partial charge in [0.2, 0.25) is 5.78 Å². The van der Waals surface area contributed by atoms with Crippen LogP contribution in [0.4, 0.5) is 0 Å². The highest BCUT2D eigenvalue weighted by Crippen LogP contribution is 2.39. The van der Waals surface area contributed by atoms with E-state index in [1.54, 1.807) is 44.6 Å². The minimum atomic E-state index is -0.220. The van der Waals surface area contributed by atoms with E-state index in [-0.39, 0.29) is 17.3 Å². The Labute approximate surface area is 176 Å². The predicted octanol–water partition coefficient (Wildman–Crippen LogP) is 2.35. The van der Waals surface area contributed by atoms with E-state index in [0.29, 0.717) is 40.5 Å². The number of benzene rings is 2. The van der Waals surface area contributed by atoms with Crippen LogP contribution in [0.3, 0.4) is 0 Å². The largest absolute Gasteiger partial charge is 0.872 e. The number of carbonyl (C=O) groups is 1. The molecule has 158 valence electrons. The summed E-state index contributed by atoms with van der Waals surface area (Å²) in [5.41, 5.74) is 1.72. The summed E-state index contributed by atoms with van der Waals surface area (Å²) in [5.74, 6) is 1.57. The van der Waals surface area contributed by atoms with Gasteiger partial charge in [0.25, 0.3) is 0 Å². The number of Topliss-reactive ketones (excluding diaryl/α,β-unsaturated/α-hetero) is 1. The summed E-state index contributed by atoms with van der Waals surface area (Å²) in [6, 6.07) is 8.42. The molecule has 0 spiro atoms. The molecule has 0 atom stereocenters. The minimum Gasteiger partial charge on any atom is -0.872 e. The molecule has 2 aromatic rings. The van der Waals surface area contributed by atoms with Crippen LogP contribution >= 0.6 is 0 Å². The standard InChI is InChI=1S/C24H27NO5/c1-28-17-7-10-21(29-2)16(13-17)14-22-23(27)18-8-9-20(26)19(24(18)30-22)15-25-11-5-3-4-6-12-25/h7-10,13-14,26H,3-6,11-12,15H2,1-2H3. The molecule has 2 aromatic carbocycles. The molecule has 2 aliphatic rings. The van der Waals surface area contributed by atoms with Gasteiger partial charge in [-0.25, -0.2) is 0 Å². The van der Waals surface area contributed by atoms with Gasteiger partial charge in [-0.15, -0.1) is 0 Å². The average Bonchev–Trinajstić information content (AvgIpc) is 2.92. The maximum atomic E-state index is 13.0. The lowest BCUT2D eigenvalue weighted by Crippen LogP contribution is -3.10. The molecular weight excluding hydrogens is 382 g/mol. The number of likely N-dealkylation sites (tertiary alicyclic amines) is 1. The van der Waals surface area contributed by atoms with Gasteiger partial charge in [-0.3, -0.25) is 4.79 Å². The van der Waals surface area contributed by atoms with Crippen LogP contribution in [-0.4, -0.2) is 33.1 Å². The molecule has 4 rings (SSSR count). The molecule has 0 bridgehead atoms. The number of allylic oxidation sites excluding steroid dienone is 1. The second-order valence-corrected chi connectivity index (χ2v) is 7.81. The van der Waals surface area contributed by atoms with Crippen LogP contribution in [0.15, 0.2) is 36.1 Å². The smallest absolute Gasteiger partial charge is 0.231 e. The third kappa shape index (κ3) is 4.00. The van der Waals surface area contributed by atoms with Gasteiger partial charge < -0.3 is 24.2 Å². The van der Waals surface area contributed by atoms with Crippen molar-refractivity contribution in [3.05, 3.63) is 52.8 Å².